The van der Waals surface area contributed by atoms with Crippen LogP contribution >= 0.6 is 0 Å². The highest BCUT2D eigenvalue weighted by molar-refractivity contribution is 6.74. The molecule has 4 heterocycles. The van der Waals surface area contributed by atoms with Gasteiger partial charge in [0.2, 0.25) is 0 Å². The van der Waals surface area contributed by atoms with Gasteiger partial charge in [-0.05, 0) is 110 Å². The molecule has 4 aliphatic carbocycles. The minimum atomic E-state index is -2.07. The zero-order valence-electron chi connectivity index (χ0n) is 32.7. The third kappa shape index (κ3) is 4.33. The molecule has 274 valence electrons. The van der Waals surface area contributed by atoms with Crippen molar-refractivity contribution < 1.29 is 9.16 Å². The van der Waals surface area contributed by atoms with E-state index in [0.717, 1.165) is 44.9 Å². The Bertz CT molecular complexity index is 1820. The summed E-state index contributed by atoms with van der Waals surface area (Å²) in [4.78, 5) is 30.2. The van der Waals surface area contributed by atoms with Crippen molar-refractivity contribution in [2.24, 2.45) is 46.3 Å². The maximum atomic E-state index is 15.1. The molecule has 0 amide bonds. The summed E-state index contributed by atoms with van der Waals surface area (Å²) in [6.07, 6.45) is 12.8. The van der Waals surface area contributed by atoms with Crippen molar-refractivity contribution >= 4 is 8.32 Å². The minimum Gasteiger partial charge on any atom is -0.414 e. The fraction of sp³-hybridized carbons (Fsp3) is 0.762. The number of hydrogen-bond donors (Lipinski definition) is 0. The number of ether oxygens (including phenoxy) is 1. The van der Waals surface area contributed by atoms with E-state index in [2.05, 4.69) is 87.6 Å². The van der Waals surface area contributed by atoms with E-state index in [1.54, 1.807) is 0 Å². The van der Waals surface area contributed by atoms with Crippen LogP contribution in [0.3, 0.4) is 0 Å². The molecule has 0 radical (unpaired) electrons. The van der Waals surface area contributed by atoms with Gasteiger partial charge >= 0.3 is 11.4 Å². The molecule has 2 spiro atoms. The number of aromatic nitrogens is 3. The third-order valence-corrected chi connectivity index (χ3v) is 21.2. The van der Waals surface area contributed by atoms with Gasteiger partial charge in [-0.25, -0.2) is 23.5 Å². The Kier molecular flexibility index (Phi) is 7.64. The van der Waals surface area contributed by atoms with Crippen LogP contribution in [-0.2, 0) is 20.2 Å². The first kappa shape index (κ1) is 34.9. The lowest BCUT2D eigenvalue weighted by Crippen LogP contribution is -2.76. The molecule has 1 aromatic heterocycles. The molecule has 8 heteroatoms. The molecular formula is C42H63N3O4Si. The lowest BCUT2D eigenvalue weighted by Gasteiger charge is -2.71. The summed E-state index contributed by atoms with van der Waals surface area (Å²) >= 11 is 0. The maximum absolute atomic E-state index is 15.1. The van der Waals surface area contributed by atoms with Crippen molar-refractivity contribution in [2.75, 3.05) is 0 Å². The van der Waals surface area contributed by atoms with Crippen molar-refractivity contribution in [1.29, 1.82) is 0 Å². The van der Waals surface area contributed by atoms with Crippen LogP contribution in [0.2, 0.25) is 18.1 Å². The highest BCUT2D eigenvalue weighted by atomic mass is 28.4. The second-order valence-electron chi connectivity index (χ2n) is 20.0. The van der Waals surface area contributed by atoms with E-state index in [4.69, 9.17) is 9.16 Å². The summed E-state index contributed by atoms with van der Waals surface area (Å²) in [5.41, 5.74) is -1.02. The number of para-hydroxylation sites is 1. The van der Waals surface area contributed by atoms with E-state index in [1.807, 2.05) is 39.7 Å². The number of allylic oxidation sites excluding steroid dienone is 2. The van der Waals surface area contributed by atoms with Crippen LogP contribution in [0.1, 0.15) is 107 Å². The van der Waals surface area contributed by atoms with Gasteiger partial charge < -0.3 is 9.16 Å². The average molecular weight is 702 g/mol. The van der Waals surface area contributed by atoms with E-state index in [-0.39, 0.29) is 45.2 Å². The summed E-state index contributed by atoms with van der Waals surface area (Å²) in [5.74, 6) is 2.68. The van der Waals surface area contributed by atoms with Crippen LogP contribution in [-0.4, -0.2) is 40.6 Å². The SMILES string of the molecule is CC(C)[C@@H](C)[C@H]1O[C@@H]1[C@@H](C)[C@H]1CC[C@@H]2[C@]1(C)CCC1[C@]23C=C[C@]2(C[C@@H](O[Si](C)(C)C(C)(C)C)CC[C@]12C)n1c(=O)n(-c2ccccc2)c(=O)n13. The van der Waals surface area contributed by atoms with Gasteiger partial charge in [0.05, 0.1) is 29.0 Å². The second-order valence-corrected chi connectivity index (χ2v) is 24.8. The molecule has 4 fully saturated rings. The summed E-state index contributed by atoms with van der Waals surface area (Å²) in [6, 6.07) is 9.62. The molecule has 9 rings (SSSR count). The Morgan fingerprint density at radius 1 is 0.860 bits per heavy atom. The summed E-state index contributed by atoms with van der Waals surface area (Å²) in [6.45, 7) is 26.0. The number of fused-ring (bicyclic) bond motifs is 1. The van der Waals surface area contributed by atoms with Crippen molar-refractivity contribution in [3.63, 3.8) is 0 Å². The molecule has 0 N–H and O–H groups in total. The molecule has 2 aromatic rings. The van der Waals surface area contributed by atoms with Gasteiger partial charge in [-0.1, -0.05) is 92.7 Å². The predicted octanol–water partition coefficient (Wildman–Crippen LogP) is 8.49. The van der Waals surface area contributed by atoms with Crippen LogP contribution in [0.5, 0.6) is 0 Å². The van der Waals surface area contributed by atoms with Crippen molar-refractivity contribution in [3.8, 4) is 5.69 Å². The highest BCUT2D eigenvalue weighted by Gasteiger charge is 2.75. The quantitative estimate of drug-likeness (QED) is 0.165. The van der Waals surface area contributed by atoms with Gasteiger partial charge in [0.15, 0.2) is 8.32 Å². The summed E-state index contributed by atoms with van der Waals surface area (Å²) in [5, 5.41) is 0.0907. The van der Waals surface area contributed by atoms with Crippen molar-refractivity contribution in [2.45, 2.75) is 155 Å². The average Bonchev–Trinajstić information content (AvgIpc) is 3.69. The molecule has 3 aliphatic heterocycles. The van der Waals surface area contributed by atoms with Crippen LogP contribution in [0.15, 0.2) is 52.1 Å². The van der Waals surface area contributed by atoms with Gasteiger partial charge in [0, 0.05) is 17.9 Å². The monoisotopic (exact) mass is 701 g/mol. The molecule has 1 saturated heterocycles. The molecule has 3 saturated carbocycles. The van der Waals surface area contributed by atoms with Crippen LogP contribution in [0, 0.1) is 46.3 Å². The zero-order valence-corrected chi connectivity index (χ0v) is 33.7. The molecule has 1 aromatic carbocycles. The Hall–Kier alpha value is -2.16. The molecule has 1 unspecified atom stereocenters. The third-order valence-electron chi connectivity index (χ3n) is 16.7. The number of hydrogen-bond acceptors (Lipinski definition) is 4. The first-order valence-corrected chi connectivity index (χ1v) is 22.8. The largest absolute Gasteiger partial charge is 0.414 e. The Balaban J connectivity index is 1.27. The number of nitrogens with zero attached hydrogens (tertiary/aromatic N) is 3. The van der Waals surface area contributed by atoms with Crippen LogP contribution in [0.25, 0.3) is 5.69 Å². The lowest BCUT2D eigenvalue weighted by molar-refractivity contribution is -0.199. The van der Waals surface area contributed by atoms with Crippen molar-refractivity contribution in [1.82, 2.24) is 13.9 Å². The number of epoxide rings is 1. The number of rotatable bonds is 7. The van der Waals surface area contributed by atoms with Crippen LogP contribution in [0.4, 0.5) is 0 Å². The van der Waals surface area contributed by atoms with Gasteiger partial charge in [-0.15, -0.1) is 0 Å². The second kappa shape index (κ2) is 10.9. The standard InChI is InChI=1S/C42H63N3O4Si/c1-26(2)27(3)34-35(48-34)28(4)31-17-18-32-39(31,8)21-20-33-40(9)22-19-30(49-50(10,11)38(5,6)7)25-41(40)23-24-42(32,33)45-37(47)43(36(46)44(41)45)29-15-13-12-14-16-29/h12-16,23-24,26-28,30-35H,17-22,25H2,1-11H3/t27-,28+,30+,31-,32-,33?,34-,35-,39-,40-,41-,42+/m1/s1. The molecule has 2 bridgehead atoms. The normalized spacial score (nSPS) is 41.4. The number of benzene rings is 1. The van der Waals surface area contributed by atoms with Gasteiger partial charge in [0.1, 0.15) is 0 Å². The van der Waals surface area contributed by atoms with E-state index >= 15 is 9.59 Å². The van der Waals surface area contributed by atoms with Crippen LogP contribution < -0.4 is 11.4 Å². The lowest BCUT2D eigenvalue weighted by atomic mass is 9.40. The molecular weight excluding hydrogens is 639 g/mol. The molecule has 50 heavy (non-hydrogen) atoms. The van der Waals surface area contributed by atoms with Gasteiger partial charge in [-0.3, -0.25) is 0 Å². The van der Waals surface area contributed by atoms with Gasteiger partial charge in [-0.2, -0.15) is 0 Å². The topological polar surface area (TPSA) is 70.7 Å². The zero-order chi connectivity index (χ0) is 36.0. The predicted molar refractivity (Wildman–Crippen MR) is 202 cm³/mol. The summed E-state index contributed by atoms with van der Waals surface area (Å²) < 4.78 is 19.2. The maximum Gasteiger partial charge on any atom is 0.352 e. The van der Waals surface area contributed by atoms with E-state index in [0.29, 0.717) is 41.6 Å². The Morgan fingerprint density at radius 2 is 1.54 bits per heavy atom. The highest BCUT2D eigenvalue weighted by Crippen LogP contribution is 2.74. The van der Waals surface area contributed by atoms with E-state index in [9.17, 15) is 0 Å². The van der Waals surface area contributed by atoms with Gasteiger partial charge in [0.25, 0.3) is 0 Å². The Labute approximate surface area is 300 Å². The molecule has 12 atom stereocenters. The molecule has 7 aliphatic rings. The summed E-state index contributed by atoms with van der Waals surface area (Å²) in [7, 11) is -2.07. The Morgan fingerprint density at radius 3 is 2.20 bits per heavy atom. The fourth-order valence-corrected chi connectivity index (χ4v) is 14.0. The first-order valence-electron chi connectivity index (χ1n) is 19.9. The van der Waals surface area contributed by atoms with Crippen molar-refractivity contribution in [3.05, 3.63) is 63.5 Å². The fourth-order valence-electron chi connectivity index (χ4n) is 12.6. The smallest absolute Gasteiger partial charge is 0.352 e. The minimum absolute atomic E-state index is 0.0417. The van der Waals surface area contributed by atoms with E-state index in [1.165, 1.54) is 4.57 Å². The first-order chi connectivity index (χ1) is 23.4. The van der Waals surface area contributed by atoms with E-state index < -0.39 is 19.4 Å². The molecule has 7 nitrogen and oxygen atoms in total.